The minimum atomic E-state index is -0.755. The number of benzene rings is 1. The number of carboxylic acids is 1. The van der Waals surface area contributed by atoms with Crippen molar-refractivity contribution in [2.24, 2.45) is 5.92 Å². The van der Waals surface area contributed by atoms with Crippen LogP contribution in [0.1, 0.15) is 30.2 Å². The smallest absolute Gasteiger partial charge is 0.307 e. The molecule has 1 aliphatic heterocycles. The third kappa shape index (κ3) is 3.55. The highest BCUT2D eigenvalue weighted by Gasteiger charge is 2.33. The van der Waals surface area contributed by atoms with Crippen molar-refractivity contribution in [1.29, 1.82) is 0 Å². The Morgan fingerprint density at radius 2 is 2.17 bits per heavy atom. The lowest BCUT2D eigenvalue weighted by molar-refractivity contribution is -0.143. The summed E-state index contributed by atoms with van der Waals surface area (Å²) in [4.78, 5) is 13.5. The molecule has 0 aliphatic carbocycles. The fourth-order valence-electron chi connectivity index (χ4n) is 3.14. The summed E-state index contributed by atoms with van der Waals surface area (Å²) in [5, 5.41) is 10.5. The van der Waals surface area contributed by atoms with E-state index in [0.29, 0.717) is 23.0 Å². The predicted octanol–water partition coefficient (Wildman–Crippen LogP) is 4.47. The molecule has 6 heteroatoms. The molecule has 23 heavy (non-hydrogen) atoms. The maximum absolute atomic E-state index is 11.4. The summed E-state index contributed by atoms with van der Waals surface area (Å²) < 4.78 is 5.60. The zero-order chi connectivity index (χ0) is 16.4. The van der Waals surface area contributed by atoms with Crippen LogP contribution in [0.15, 0.2) is 41.0 Å². The quantitative estimate of drug-likeness (QED) is 0.880. The third-order valence-electron chi connectivity index (χ3n) is 4.24. The highest BCUT2D eigenvalue weighted by molar-refractivity contribution is 6.35. The Bertz CT molecular complexity index is 687. The summed E-state index contributed by atoms with van der Waals surface area (Å²) in [5.74, 6) is -0.373. The van der Waals surface area contributed by atoms with Crippen LogP contribution in [0.2, 0.25) is 10.0 Å². The van der Waals surface area contributed by atoms with Gasteiger partial charge in [-0.25, -0.2) is 0 Å². The molecule has 122 valence electrons. The molecule has 3 rings (SSSR count). The van der Waals surface area contributed by atoms with E-state index in [2.05, 4.69) is 4.90 Å². The summed E-state index contributed by atoms with van der Waals surface area (Å²) in [5.41, 5.74) is 0.872. The Hall–Kier alpha value is -1.49. The minimum Gasteiger partial charge on any atom is -0.481 e. The first-order chi connectivity index (χ1) is 11.1. The first-order valence-corrected chi connectivity index (χ1v) is 8.27. The topological polar surface area (TPSA) is 53.7 Å². The van der Waals surface area contributed by atoms with Gasteiger partial charge in [0.1, 0.15) is 5.76 Å². The summed E-state index contributed by atoms with van der Waals surface area (Å²) in [6.07, 6.45) is 3.15. The second kappa shape index (κ2) is 6.95. The third-order valence-corrected chi connectivity index (χ3v) is 4.80. The van der Waals surface area contributed by atoms with E-state index < -0.39 is 5.97 Å². The number of hydrogen-bond donors (Lipinski definition) is 1. The second-order valence-corrected chi connectivity index (χ2v) is 6.60. The number of hydrogen-bond acceptors (Lipinski definition) is 3. The maximum atomic E-state index is 11.4. The van der Waals surface area contributed by atoms with E-state index in [1.807, 2.05) is 18.2 Å². The van der Waals surface area contributed by atoms with Crippen LogP contribution in [-0.2, 0) is 4.79 Å². The highest BCUT2D eigenvalue weighted by atomic mass is 35.5. The zero-order valence-electron chi connectivity index (χ0n) is 12.4. The van der Waals surface area contributed by atoms with Gasteiger partial charge in [-0.1, -0.05) is 29.3 Å². The number of carbonyl (C=O) groups is 1. The van der Waals surface area contributed by atoms with Crippen LogP contribution in [-0.4, -0.2) is 29.1 Å². The summed E-state index contributed by atoms with van der Waals surface area (Å²) in [6, 6.07) is 8.87. The maximum Gasteiger partial charge on any atom is 0.307 e. The minimum absolute atomic E-state index is 0.211. The SMILES string of the molecule is O=C(O)C1CCCN(C(c2ccco2)c2ccc(Cl)cc2Cl)C1. The number of halogens is 2. The van der Waals surface area contributed by atoms with E-state index in [1.54, 1.807) is 18.4 Å². The molecule has 1 N–H and O–H groups in total. The number of aliphatic carboxylic acids is 1. The Labute approximate surface area is 144 Å². The van der Waals surface area contributed by atoms with E-state index in [-0.39, 0.29) is 12.0 Å². The van der Waals surface area contributed by atoms with Crippen molar-refractivity contribution in [1.82, 2.24) is 4.90 Å². The van der Waals surface area contributed by atoms with Gasteiger partial charge >= 0.3 is 5.97 Å². The first-order valence-electron chi connectivity index (χ1n) is 7.51. The van der Waals surface area contributed by atoms with Gasteiger partial charge in [-0.15, -0.1) is 0 Å². The van der Waals surface area contributed by atoms with Gasteiger partial charge in [0.05, 0.1) is 18.2 Å². The first kappa shape index (κ1) is 16.4. The highest BCUT2D eigenvalue weighted by Crippen LogP contribution is 2.37. The summed E-state index contributed by atoms with van der Waals surface area (Å²) in [7, 11) is 0. The molecular formula is C17H17Cl2NO3. The van der Waals surface area contributed by atoms with Gasteiger partial charge in [0, 0.05) is 16.6 Å². The molecule has 2 aromatic rings. The second-order valence-electron chi connectivity index (χ2n) is 5.76. The van der Waals surface area contributed by atoms with Crippen molar-refractivity contribution >= 4 is 29.2 Å². The van der Waals surface area contributed by atoms with Gasteiger partial charge in [-0.05, 0) is 49.2 Å². The summed E-state index contributed by atoms with van der Waals surface area (Å²) in [6.45, 7) is 1.27. The molecule has 0 amide bonds. The molecule has 2 unspecified atom stereocenters. The standard InChI is InChI=1S/C17H17Cl2NO3/c18-12-5-6-13(14(19)9-12)16(15-4-2-8-23-15)20-7-1-3-11(10-20)17(21)22/h2,4-6,8-9,11,16H,1,3,7,10H2,(H,21,22). The van der Waals surface area contributed by atoms with Crippen LogP contribution in [0.3, 0.4) is 0 Å². The van der Waals surface area contributed by atoms with Crippen LogP contribution >= 0.6 is 23.2 Å². The van der Waals surface area contributed by atoms with Crippen LogP contribution in [0, 0.1) is 5.92 Å². The molecular weight excluding hydrogens is 337 g/mol. The Morgan fingerprint density at radius 3 is 2.83 bits per heavy atom. The van der Waals surface area contributed by atoms with Crippen LogP contribution in [0.4, 0.5) is 0 Å². The predicted molar refractivity (Wildman–Crippen MR) is 88.9 cm³/mol. The number of rotatable bonds is 4. The lowest BCUT2D eigenvalue weighted by atomic mass is 9.94. The largest absolute Gasteiger partial charge is 0.481 e. The van der Waals surface area contributed by atoms with E-state index in [4.69, 9.17) is 27.6 Å². The molecule has 1 fully saturated rings. The molecule has 0 bridgehead atoms. The molecule has 0 radical (unpaired) electrons. The molecule has 0 spiro atoms. The van der Waals surface area contributed by atoms with E-state index in [0.717, 1.165) is 24.3 Å². The van der Waals surface area contributed by atoms with Gasteiger partial charge < -0.3 is 9.52 Å². The van der Waals surface area contributed by atoms with Crippen molar-refractivity contribution in [2.45, 2.75) is 18.9 Å². The van der Waals surface area contributed by atoms with Crippen LogP contribution in [0.5, 0.6) is 0 Å². The van der Waals surface area contributed by atoms with Gasteiger partial charge in [0.25, 0.3) is 0 Å². The van der Waals surface area contributed by atoms with Crippen molar-refractivity contribution in [3.63, 3.8) is 0 Å². The molecule has 0 saturated carbocycles. The number of piperidine rings is 1. The molecule has 1 aromatic carbocycles. The number of nitrogens with zero attached hydrogens (tertiary/aromatic N) is 1. The number of likely N-dealkylation sites (tertiary alicyclic amines) is 1. The Morgan fingerprint density at radius 1 is 1.35 bits per heavy atom. The van der Waals surface area contributed by atoms with Gasteiger partial charge in [0.2, 0.25) is 0 Å². The number of carboxylic acid groups (broad SMARTS) is 1. The number of furan rings is 1. The molecule has 1 aliphatic rings. The summed E-state index contributed by atoms with van der Waals surface area (Å²) >= 11 is 12.4. The molecule has 2 heterocycles. The van der Waals surface area contributed by atoms with E-state index >= 15 is 0 Å². The van der Waals surface area contributed by atoms with Gasteiger partial charge in [-0.2, -0.15) is 0 Å². The van der Waals surface area contributed by atoms with Crippen LogP contribution < -0.4 is 0 Å². The van der Waals surface area contributed by atoms with E-state index in [1.165, 1.54) is 0 Å². The van der Waals surface area contributed by atoms with Crippen molar-refractivity contribution in [2.75, 3.05) is 13.1 Å². The lowest BCUT2D eigenvalue weighted by Crippen LogP contribution is -2.41. The fourth-order valence-corrected chi connectivity index (χ4v) is 3.65. The lowest BCUT2D eigenvalue weighted by Gasteiger charge is -2.36. The fraction of sp³-hybridized carbons (Fsp3) is 0.353. The van der Waals surface area contributed by atoms with Crippen molar-refractivity contribution in [3.05, 3.63) is 58.0 Å². The normalized spacial score (nSPS) is 20.3. The van der Waals surface area contributed by atoms with Crippen molar-refractivity contribution < 1.29 is 14.3 Å². The zero-order valence-corrected chi connectivity index (χ0v) is 13.9. The van der Waals surface area contributed by atoms with Crippen molar-refractivity contribution in [3.8, 4) is 0 Å². The monoisotopic (exact) mass is 353 g/mol. The molecule has 1 saturated heterocycles. The average Bonchev–Trinajstić information content (AvgIpc) is 3.04. The average molecular weight is 354 g/mol. The van der Waals surface area contributed by atoms with E-state index in [9.17, 15) is 9.90 Å². The molecule has 2 atom stereocenters. The molecule has 4 nitrogen and oxygen atoms in total. The molecule has 1 aromatic heterocycles. The Kier molecular flexibility index (Phi) is 4.95. The van der Waals surface area contributed by atoms with Crippen LogP contribution in [0.25, 0.3) is 0 Å². The Balaban J connectivity index is 1.98. The van der Waals surface area contributed by atoms with Gasteiger partial charge in [-0.3, -0.25) is 9.69 Å². The van der Waals surface area contributed by atoms with Gasteiger partial charge in [0.15, 0.2) is 0 Å².